The van der Waals surface area contributed by atoms with E-state index in [9.17, 15) is 4.79 Å². The van der Waals surface area contributed by atoms with E-state index >= 15 is 0 Å². The van der Waals surface area contributed by atoms with Crippen LogP contribution in [0.4, 0.5) is 11.4 Å². The molecule has 0 bridgehead atoms. The van der Waals surface area contributed by atoms with E-state index in [4.69, 9.17) is 0 Å². The molecule has 3 heteroatoms. The van der Waals surface area contributed by atoms with Crippen LogP contribution in [0, 0.1) is 0 Å². The molecule has 22 heavy (non-hydrogen) atoms. The van der Waals surface area contributed by atoms with Crippen LogP contribution >= 0.6 is 0 Å². The normalized spacial score (nSPS) is 11.8. The first-order chi connectivity index (χ1) is 10.5. The highest BCUT2D eigenvalue weighted by Gasteiger charge is 2.08. The highest BCUT2D eigenvalue weighted by atomic mass is 16.1. The van der Waals surface area contributed by atoms with Gasteiger partial charge in [-0.3, -0.25) is 4.79 Å². The van der Waals surface area contributed by atoms with Crippen molar-refractivity contribution in [2.45, 2.75) is 26.2 Å². The van der Waals surface area contributed by atoms with Crippen molar-refractivity contribution in [3.8, 4) is 0 Å². The van der Waals surface area contributed by atoms with Gasteiger partial charge in [-0.2, -0.15) is 0 Å². The van der Waals surface area contributed by atoms with Gasteiger partial charge in [-0.15, -0.1) is 0 Å². The second-order valence-corrected chi connectivity index (χ2v) is 5.83. The molecule has 0 spiro atoms. The molecule has 0 unspecified atom stereocenters. The van der Waals surface area contributed by atoms with Crippen LogP contribution in [-0.4, -0.2) is 20.0 Å². The van der Waals surface area contributed by atoms with Crippen molar-refractivity contribution in [1.82, 2.24) is 0 Å². The summed E-state index contributed by atoms with van der Waals surface area (Å²) in [5.74, 6) is 0.460. The summed E-state index contributed by atoms with van der Waals surface area (Å²) in [7, 11) is 3.93. The molecular weight excluding hydrogens is 272 g/mol. The second kappa shape index (κ2) is 7.12. The van der Waals surface area contributed by atoms with E-state index in [1.165, 1.54) is 5.56 Å². The minimum atomic E-state index is -0.0833. The summed E-state index contributed by atoms with van der Waals surface area (Å²) in [6.07, 6.45) is 1.11. The van der Waals surface area contributed by atoms with Crippen LogP contribution in [0.1, 0.15) is 42.1 Å². The van der Waals surface area contributed by atoms with Crippen molar-refractivity contribution in [2.75, 3.05) is 24.3 Å². The smallest absolute Gasteiger partial charge is 0.255 e. The van der Waals surface area contributed by atoms with Gasteiger partial charge in [-0.05, 0) is 48.2 Å². The molecule has 0 aliphatic rings. The van der Waals surface area contributed by atoms with Crippen LogP contribution in [-0.2, 0) is 0 Å². The molecule has 0 aliphatic heterocycles. The Hall–Kier alpha value is -2.29. The molecule has 0 radical (unpaired) electrons. The molecule has 0 heterocycles. The van der Waals surface area contributed by atoms with Gasteiger partial charge in [0, 0.05) is 31.0 Å². The van der Waals surface area contributed by atoms with Gasteiger partial charge < -0.3 is 10.2 Å². The topological polar surface area (TPSA) is 32.3 Å². The zero-order valence-corrected chi connectivity index (χ0v) is 13.8. The van der Waals surface area contributed by atoms with Crippen molar-refractivity contribution < 1.29 is 4.79 Å². The quantitative estimate of drug-likeness (QED) is 0.880. The summed E-state index contributed by atoms with van der Waals surface area (Å²) in [6, 6.07) is 15.7. The SMILES string of the molecule is CC[C@@H](C)c1ccc(NC(=O)c2cccc(N(C)C)c2)cc1. The van der Waals surface area contributed by atoms with Crippen molar-refractivity contribution in [3.63, 3.8) is 0 Å². The molecule has 0 aliphatic carbocycles. The lowest BCUT2D eigenvalue weighted by molar-refractivity contribution is 0.102. The van der Waals surface area contributed by atoms with Gasteiger partial charge in [0.15, 0.2) is 0 Å². The van der Waals surface area contributed by atoms with Gasteiger partial charge in [0.1, 0.15) is 0 Å². The van der Waals surface area contributed by atoms with Crippen LogP contribution in [0.25, 0.3) is 0 Å². The molecule has 2 rings (SSSR count). The molecule has 3 nitrogen and oxygen atoms in total. The summed E-state index contributed by atoms with van der Waals surface area (Å²) in [5.41, 5.74) is 3.80. The number of hydrogen-bond acceptors (Lipinski definition) is 2. The third kappa shape index (κ3) is 3.88. The third-order valence-electron chi connectivity index (χ3n) is 3.97. The zero-order valence-electron chi connectivity index (χ0n) is 13.8. The number of carbonyl (C=O) groups excluding carboxylic acids is 1. The molecule has 0 aromatic heterocycles. The van der Waals surface area contributed by atoms with E-state index in [0.29, 0.717) is 11.5 Å². The molecule has 2 aromatic carbocycles. The number of rotatable bonds is 5. The van der Waals surface area contributed by atoms with Crippen molar-refractivity contribution in [2.24, 2.45) is 0 Å². The predicted molar refractivity (Wildman–Crippen MR) is 93.9 cm³/mol. The van der Waals surface area contributed by atoms with Gasteiger partial charge in [0.05, 0.1) is 0 Å². The highest BCUT2D eigenvalue weighted by molar-refractivity contribution is 6.04. The van der Waals surface area contributed by atoms with Crippen LogP contribution in [0.2, 0.25) is 0 Å². The Morgan fingerprint density at radius 2 is 1.82 bits per heavy atom. The Morgan fingerprint density at radius 1 is 1.14 bits per heavy atom. The molecule has 0 saturated heterocycles. The maximum atomic E-state index is 12.3. The second-order valence-electron chi connectivity index (χ2n) is 5.83. The minimum Gasteiger partial charge on any atom is -0.378 e. The molecule has 0 saturated carbocycles. The number of nitrogens with one attached hydrogen (secondary N) is 1. The van der Waals surface area contributed by atoms with Crippen molar-refractivity contribution in [1.29, 1.82) is 0 Å². The Morgan fingerprint density at radius 3 is 2.41 bits per heavy atom. The predicted octanol–water partition coefficient (Wildman–Crippen LogP) is 4.52. The monoisotopic (exact) mass is 296 g/mol. The van der Waals surface area contributed by atoms with E-state index in [1.54, 1.807) is 0 Å². The standard InChI is InChI=1S/C19H24N2O/c1-5-14(2)15-9-11-17(12-10-15)20-19(22)16-7-6-8-18(13-16)21(3)4/h6-14H,5H2,1-4H3,(H,20,22)/t14-/m1/s1. The molecule has 116 valence electrons. The van der Waals surface area contributed by atoms with Gasteiger partial charge in [-0.1, -0.05) is 32.0 Å². The summed E-state index contributed by atoms with van der Waals surface area (Å²) in [6.45, 7) is 4.39. The number of anilines is 2. The average Bonchev–Trinajstić information content (AvgIpc) is 2.54. The zero-order chi connectivity index (χ0) is 16.1. The molecular formula is C19H24N2O. The Balaban J connectivity index is 2.10. The van der Waals surface area contributed by atoms with Gasteiger partial charge in [-0.25, -0.2) is 0 Å². The number of nitrogens with zero attached hydrogens (tertiary/aromatic N) is 1. The van der Waals surface area contributed by atoms with E-state index in [0.717, 1.165) is 17.8 Å². The van der Waals surface area contributed by atoms with Gasteiger partial charge in [0.2, 0.25) is 0 Å². The fourth-order valence-electron chi connectivity index (χ4n) is 2.26. The molecule has 1 N–H and O–H groups in total. The minimum absolute atomic E-state index is 0.0833. The largest absolute Gasteiger partial charge is 0.378 e. The number of hydrogen-bond donors (Lipinski definition) is 1. The van der Waals surface area contributed by atoms with E-state index in [-0.39, 0.29) is 5.91 Å². The average molecular weight is 296 g/mol. The maximum Gasteiger partial charge on any atom is 0.255 e. The number of amides is 1. The molecule has 1 atom stereocenters. The van der Waals surface area contributed by atoms with Crippen molar-refractivity contribution in [3.05, 3.63) is 59.7 Å². The lowest BCUT2D eigenvalue weighted by Gasteiger charge is -2.14. The van der Waals surface area contributed by atoms with Gasteiger partial charge >= 0.3 is 0 Å². The van der Waals surface area contributed by atoms with E-state index < -0.39 is 0 Å². The maximum absolute atomic E-state index is 12.3. The number of benzene rings is 2. The summed E-state index contributed by atoms with van der Waals surface area (Å²) in [4.78, 5) is 14.3. The highest BCUT2D eigenvalue weighted by Crippen LogP contribution is 2.21. The first-order valence-electron chi connectivity index (χ1n) is 7.70. The fraction of sp³-hybridized carbons (Fsp3) is 0.316. The summed E-state index contributed by atoms with van der Waals surface area (Å²) >= 11 is 0. The summed E-state index contributed by atoms with van der Waals surface area (Å²) < 4.78 is 0. The van der Waals surface area contributed by atoms with Crippen molar-refractivity contribution >= 4 is 17.3 Å². The Bertz CT molecular complexity index is 632. The van der Waals surface area contributed by atoms with Gasteiger partial charge in [0.25, 0.3) is 5.91 Å². The van der Waals surface area contributed by atoms with E-state index in [2.05, 4.69) is 31.3 Å². The van der Waals surface area contributed by atoms with Crippen LogP contribution in [0.15, 0.2) is 48.5 Å². The Kier molecular flexibility index (Phi) is 5.21. The first kappa shape index (κ1) is 16.1. The fourth-order valence-corrected chi connectivity index (χ4v) is 2.26. The molecule has 1 amide bonds. The van der Waals surface area contributed by atoms with Crippen LogP contribution in [0.5, 0.6) is 0 Å². The Labute approximate surface area is 133 Å². The lowest BCUT2D eigenvalue weighted by atomic mass is 9.98. The first-order valence-corrected chi connectivity index (χ1v) is 7.70. The van der Waals surface area contributed by atoms with Crippen LogP contribution in [0.3, 0.4) is 0 Å². The summed E-state index contributed by atoms with van der Waals surface area (Å²) in [5, 5.41) is 2.95. The number of carbonyl (C=O) groups is 1. The van der Waals surface area contributed by atoms with E-state index in [1.807, 2.05) is 55.4 Å². The molecule has 0 fully saturated rings. The van der Waals surface area contributed by atoms with Crippen LogP contribution < -0.4 is 10.2 Å². The molecule has 2 aromatic rings. The lowest BCUT2D eigenvalue weighted by Crippen LogP contribution is -2.14. The third-order valence-corrected chi connectivity index (χ3v) is 3.97.